The summed E-state index contributed by atoms with van der Waals surface area (Å²) < 4.78 is 0. The summed E-state index contributed by atoms with van der Waals surface area (Å²) in [5.41, 5.74) is 2.03. The molecule has 0 bridgehead atoms. The molecule has 1 aromatic rings. The molecule has 1 aliphatic rings. The molecule has 1 aliphatic heterocycles. The lowest BCUT2D eigenvalue weighted by Crippen LogP contribution is -2.32. The molecule has 3 heteroatoms. The number of carbonyl (C=O) groups is 1. The number of rotatable bonds is 5. The summed E-state index contributed by atoms with van der Waals surface area (Å²) in [6, 6.07) is 7.91. The maximum absolute atomic E-state index is 12.4. The van der Waals surface area contributed by atoms with Gasteiger partial charge in [0.05, 0.1) is 6.10 Å². The van der Waals surface area contributed by atoms with Gasteiger partial charge in [0.25, 0.3) is 5.91 Å². The Kier molecular flexibility index (Phi) is 4.97. The zero-order valence-corrected chi connectivity index (χ0v) is 11.6. The minimum atomic E-state index is -0.227. The molecule has 1 atom stereocenters. The van der Waals surface area contributed by atoms with Gasteiger partial charge in [-0.15, -0.1) is 0 Å². The number of aryl methyl sites for hydroxylation is 1. The van der Waals surface area contributed by atoms with Crippen LogP contribution in [0.1, 0.15) is 48.5 Å². The van der Waals surface area contributed by atoms with Gasteiger partial charge in [-0.1, -0.05) is 25.1 Å². The van der Waals surface area contributed by atoms with E-state index < -0.39 is 0 Å². The first-order valence-corrected chi connectivity index (χ1v) is 7.27. The average Bonchev–Trinajstić information content (AvgIpc) is 2.59. The molecule has 19 heavy (non-hydrogen) atoms. The van der Waals surface area contributed by atoms with Gasteiger partial charge in [-0.05, 0) is 43.7 Å². The summed E-state index contributed by atoms with van der Waals surface area (Å²) in [6.45, 7) is 3.57. The topological polar surface area (TPSA) is 40.5 Å². The highest BCUT2D eigenvalue weighted by atomic mass is 16.3. The van der Waals surface area contributed by atoms with Gasteiger partial charge in [0.15, 0.2) is 0 Å². The number of fused-ring (bicyclic) bond motifs is 1. The van der Waals surface area contributed by atoms with Crippen molar-refractivity contribution in [3.63, 3.8) is 0 Å². The smallest absolute Gasteiger partial charge is 0.254 e. The third-order valence-electron chi connectivity index (χ3n) is 3.85. The van der Waals surface area contributed by atoms with Crippen LogP contribution in [0.15, 0.2) is 24.3 Å². The lowest BCUT2D eigenvalue weighted by atomic mass is 10.0. The Labute approximate surface area is 115 Å². The fourth-order valence-corrected chi connectivity index (χ4v) is 2.61. The van der Waals surface area contributed by atoms with Crippen molar-refractivity contribution in [1.29, 1.82) is 0 Å². The molecule has 0 aliphatic carbocycles. The lowest BCUT2D eigenvalue weighted by Gasteiger charge is -2.21. The minimum Gasteiger partial charge on any atom is -0.393 e. The average molecular weight is 261 g/mol. The van der Waals surface area contributed by atoms with Crippen LogP contribution in [-0.2, 0) is 6.42 Å². The van der Waals surface area contributed by atoms with Crippen molar-refractivity contribution < 1.29 is 9.90 Å². The summed E-state index contributed by atoms with van der Waals surface area (Å²) >= 11 is 0. The predicted molar refractivity (Wildman–Crippen MR) is 76.2 cm³/mol. The summed E-state index contributed by atoms with van der Waals surface area (Å²) in [5.74, 6) is 0.152. The zero-order valence-electron chi connectivity index (χ0n) is 11.6. The van der Waals surface area contributed by atoms with E-state index in [9.17, 15) is 9.90 Å². The SMILES string of the molecule is CCC(O)CCCN1CCCc2ccccc2C1=O. The van der Waals surface area contributed by atoms with Crippen molar-refractivity contribution in [3.05, 3.63) is 35.4 Å². The second-order valence-electron chi connectivity index (χ2n) is 5.26. The van der Waals surface area contributed by atoms with Crippen LogP contribution < -0.4 is 0 Å². The molecule has 104 valence electrons. The van der Waals surface area contributed by atoms with Crippen molar-refractivity contribution in [1.82, 2.24) is 4.90 Å². The molecule has 1 heterocycles. The first-order valence-electron chi connectivity index (χ1n) is 7.27. The Balaban J connectivity index is 1.97. The number of aliphatic hydroxyl groups excluding tert-OH is 1. The fourth-order valence-electron chi connectivity index (χ4n) is 2.61. The Morgan fingerprint density at radius 3 is 2.95 bits per heavy atom. The van der Waals surface area contributed by atoms with Crippen molar-refractivity contribution in [2.45, 2.75) is 45.1 Å². The molecule has 1 N–H and O–H groups in total. The molecule has 2 rings (SSSR count). The van der Waals surface area contributed by atoms with E-state index in [1.54, 1.807) is 0 Å². The molecule has 1 amide bonds. The Hall–Kier alpha value is -1.35. The van der Waals surface area contributed by atoms with E-state index in [-0.39, 0.29) is 12.0 Å². The molecule has 0 radical (unpaired) electrons. The van der Waals surface area contributed by atoms with Gasteiger partial charge in [0.1, 0.15) is 0 Å². The Morgan fingerprint density at radius 2 is 2.16 bits per heavy atom. The number of amides is 1. The van der Waals surface area contributed by atoms with Gasteiger partial charge in [0, 0.05) is 18.7 Å². The zero-order chi connectivity index (χ0) is 13.7. The summed E-state index contributed by atoms with van der Waals surface area (Å²) in [6.07, 6.45) is 4.23. The molecule has 0 saturated carbocycles. The second-order valence-corrected chi connectivity index (χ2v) is 5.26. The normalized spacial score (nSPS) is 16.9. The second kappa shape index (κ2) is 6.71. The van der Waals surface area contributed by atoms with Crippen LogP contribution in [0.25, 0.3) is 0 Å². The summed E-state index contributed by atoms with van der Waals surface area (Å²) in [4.78, 5) is 14.4. The first kappa shape index (κ1) is 14.1. The van der Waals surface area contributed by atoms with E-state index >= 15 is 0 Å². The standard InChI is InChI=1S/C16H23NO2/c1-2-14(18)9-6-12-17-11-5-8-13-7-3-4-10-15(13)16(17)19/h3-4,7,10,14,18H,2,5-6,8-9,11-12H2,1H3. The van der Waals surface area contributed by atoms with Crippen molar-refractivity contribution in [2.75, 3.05) is 13.1 Å². The van der Waals surface area contributed by atoms with E-state index in [0.29, 0.717) is 0 Å². The third-order valence-corrected chi connectivity index (χ3v) is 3.85. The lowest BCUT2D eigenvalue weighted by molar-refractivity contribution is 0.0745. The van der Waals surface area contributed by atoms with Gasteiger partial charge in [0.2, 0.25) is 0 Å². The highest BCUT2D eigenvalue weighted by Crippen LogP contribution is 2.19. The van der Waals surface area contributed by atoms with E-state index in [0.717, 1.165) is 50.8 Å². The number of carbonyl (C=O) groups excluding carboxylic acids is 1. The van der Waals surface area contributed by atoms with Gasteiger partial charge in [-0.3, -0.25) is 4.79 Å². The van der Waals surface area contributed by atoms with Crippen molar-refractivity contribution >= 4 is 5.91 Å². The van der Waals surface area contributed by atoms with Crippen LogP contribution in [0.5, 0.6) is 0 Å². The minimum absolute atomic E-state index is 0.152. The largest absolute Gasteiger partial charge is 0.393 e. The monoisotopic (exact) mass is 261 g/mol. The molecule has 0 fully saturated rings. The highest BCUT2D eigenvalue weighted by Gasteiger charge is 2.21. The van der Waals surface area contributed by atoms with Crippen molar-refractivity contribution in [3.8, 4) is 0 Å². The Morgan fingerprint density at radius 1 is 1.37 bits per heavy atom. The van der Waals surface area contributed by atoms with Crippen LogP contribution in [-0.4, -0.2) is 35.1 Å². The van der Waals surface area contributed by atoms with Crippen LogP contribution in [0.3, 0.4) is 0 Å². The molecule has 3 nitrogen and oxygen atoms in total. The van der Waals surface area contributed by atoms with Crippen LogP contribution >= 0.6 is 0 Å². The van der Waals surface area contributed by atoms with Gasteiger partial charge >= 0.3 is 0 Å². The molecular weight excluding hydrogens is 238 g/mol. The molecule has 0 aromatic heterocycles. The van der Waals surface area contributed by atoms with Gasteiger partial charge in [-0.25, -0.2) is 0 Å². The molecule has 0 spiro atoms. The number of hydrogen-bond donors (Lipinski definition) is 1. The fraction of sp³-hybridized carbons (Fsp3) is 0.562. The Bertz CT molecular complexity index is 431. The summed E-state index contributed by atoms with van der Waals surface area (Å²) in [5, 5.41) is 9.56. The van der Waals surface area contributed by atoms with E-state index in [4.69, 9.17) is 0 Å². The van der Waals surface area contributed by atoms with Crippen molar-refractivity contribution in [2.24, 2.45) is 0 Å². The van der Waals surface area contributed by atoms with E-state index in [2.05, 4.69) is 6.07 Å². The number of benzene rings is 1. The predicted octanol–water partition coefficient (Wildman–Crippen LogP) is 2.63. The van der Waals surface area contributed by atoms with Gasteiger partial charge in [-0.2, -0.15) is 0 Å². The first-order chi connectivity index (χ1) is 9.22. The summed E-state index contributed by atoms with van der Waals surface area (Å²) in [7, 11) is 0. The van der Waals surface area contributed by atoms with Crippen LogP contribution in [0.2, 0.25) is 0 Å². The molecule has 1 unspecified atom stereocenters. The van der Waals surface area contributed by atoms with Gasteiger partial charge < -0.3 is 10.0 Å². The number of hydrogen-bond acceptors (Lipinski definition) is 2. The number of aliphatic hydroxyl groups is 1. The van der Waals surface area contributed by atoms with Crippen LogP contribution in [0, 0.1) is 0 Å². The van der Waals surface area contributed by atoms with E-state index in [1.807, 2.05) is 30.0 Å². The van der Waals surface area contributed by atoms with Crippen LogP contribution in [0.4, 0.5) is 0 Å². The maximum atomic E-state index is 12.4. The third kappa shape index (κ3) is 3.57. The number of nitrogens with zero attached hydrogens (tertiary/aromatic N) is 1. The van der Waals surface area contributed by atoms with E-state index in [1.165, 1.54) is 5.56 Å². The molecular formula is C16H23NO2. The molecule has 0 saturated heterocycles. The molecule has 1 aromatic carbocycles. The maximum Gasteiger partial charge on any atom is 0.254 e. The highest BCUT2D eigenvalue weighted by molar-refractivity contribution is 5.96. The quantitative estimate of drug-likeness (QED) is 0.885.